The number of rotatable bonds is 0. The molecule has 1 nitrogen and oxygen atoms in total. The van der Waals surface area contributed by atoms with Crippen molar-refractivity contribution in [2.24, 2.45) is 16.7 Å². The first kappa shape index (κ1) is 6.38. The van der Waals surface area contributed by atoms with Crippen LogP contribution in [0, 0.1) is 16.7 Å². The molecule has 0 radical (unpaired) electrons. The largest absolute Gasteiger partial charge is 0.299 e. The van der Waals surface area contributed by atoms with Crippen LogP contribution in [0.5, 0.6) is 0 Å². The van der Waals surface area contributed by atoms with Crippen molar-refractivity contribution in [3.05, 3.63) is 0 Å². The summed E-state index contributed by atoms with van der Waals surface area (Å²) in [7, 11) is 0. The average Bonchev–Trinajstić information content (AvgIpc) is 2.23. The van der Waals surface area contributed by atoms with Gasteiger partial charge in [0.1, 0.15) is 5.78 Å². The molecule has 0 spiro atoms. The minimum Gasteiger partial charge on any atom is -0.299 e. The van der Waals surface area contributed by atoms with E-state index in [4.69, 9.17) is 0 Å². The molecule has 0 saturated heterocycles. The van der Waals surface area contributed by atoms with Gasteiger partial charge in [0.05, 0.1) is 0 Å². The first-order valence-electron chi connectivity index (χ1n) is 4.04. The van der Waals surface area contributed by atoms with Gasteiger partial charge in [0.2, 0.25) is 0 Å². The maximum Gasteiger partial charge on any atom is 0.142 e. The summed E-state index contributed by atoms with van der Waals surface area (Å²) in [4.78, 5) is 11.4. The molecule has 0 N–H and O–H groups in total. The molecule has 3 rings (SSSR count). The van der Waals surface area contributed by atoms with Crippen LogP contribution >= 0.6 is 0 Å². The highest BCUT2D eigenvalue weighted by Crippen LogP contribution is 2.67. The van der Waals surface area contributed by atoms with E-state index < -0.39 is 0 Å². The third kappa shape index (κ3) is 0.363. The van der Waals surface area contributed by atoms with Crippen LogP contribution in [0.4, 0.5) is 0 Å². The maximum absolute atomic E-state index is 11.4. The van der Waals surface area contributed by atoms with Crippen molar-refractivity contribution in [3.8, 4) is 0 Å². The van der Waals surface area contributed by atoms with E-state index in [2.05, 4.69) is 20.8 Å². The Morgan fingerprint density at radius 2 is 2.00 bits per heavy atom. The fourth-order valence-corrected chi connectivity index (χ4v) is 2.71. The lowest BCUT2D eigenvalue weighted by atomic mass is 9.51. The van der Waals surface area contributed by atoms with Gasteiger partial charge in [-0.05, 0) is 18.3 Å². The van der Waals surface area contributed by atoms with Gasteiger partial charge >= 0.3 is 0 Å². The number of hydrogen-bond acceptors (Lipinski definition) is 1. The summed E-state index contributed by atoms with van der Waals surface area (Å²) in [6.07, 6.45) is 2.27. The fourth-order valence-electron chi connectivity index (χ4n) is 2.71. The number of fused-ring (bicyclic) bond motifs is 1. The lowest BCUT2D eigenvalue weighted by Crippen LogP contribution is -2.55. The molecule has 0 aliphatic heterocycles. The molecule has 2 atom stereocenters. The zero-order valence-electron chi connectivity index (χ0n) is 6.90. The van der Waals surface area contributed by atoms with E-state index in [-0.39, 0.29) is 5.41 Å². The molecular weight excluding hydrogens is 124 g/mol. The molecule has 3 fully saturated rings. The van der Waals surface area contributed by atoms with Gasteiger partial charge in [0.15, 0.2) is 0 Å². The minimum absolute atomic E-state index is 0.0532. The Bertz CT molecular complexity index is 205. The van der Waals surface area contributed by atoms with Crippen molar-refractivity contribution in [3.63, 3.8) is 0 Å². The molecule has 0 aromatic carbocycles. The molecular formula is C9H14O. The minimum atomic E-state index is 0.0532. The van der Waals surface area contributed by atoms with Gasteiger partial charge in [-0.25, -0.2) is 0 Å². The second kappa shape index (κ2) is 1.32. The van der Waals surface area contributed by atoms with Crippen molar-refractivity contribution >= 4 is 5.78 Å². The standard InChI is InChI=1S/C9H14O/c1-8(2)6-4-5-9(8,3)7(6)10/h6H,4-5H2,1-3H3. The monoisotopic (exact) mass is 138 g/mol. The Morgan fingerprint density at radius 1 is 1.40 bits per heavy atom. The molecule has 3 aliphatic rings. The van der Waals surface area contributed by atoms with Crippen molar-refractivity contribution < 1.29 is 4.79 Å². The van der Waals surface area contributed by atoms with Gasteiger partial charge in [-0.15, -0.1) is 0 Å². The average molecular weight is 138 g/mol. The van der Waals surface area contributed by atoms with Crippen LogP contribution in [0.15, 0.2) is 0 Å². The van der Waals surface area contributed by atoms with E-state index in [1.54, 1.807) is 0 Å². The van der Waals surface area contributed by atoms with Crippen LogP contribution in [0.1, 0.15) is 33.6 Å². The van der Waals surface area contributed by atoms with Crippen LogP contribution < -0.4 is 0 Å². The molecule has 1 heteroatoms. The highest BCUT2D eigenvalue weighted by Gasteiger charge is 2.68. The number of Topliss-reactive ketones (excluding diaryl/α,β-unsaturated/α-hetero) is 1. The predicted molar refractivity (Wildman–Crippen MR) is 39.6 cm³/mol. The van der Waals surface area contributed by atoms with E-state index >= 15 is 0 Å². The molecule has 0 heterocycles. The summed E-state index contributed by atoms with van der Waals surface area (Å²) in [5, 5.41) is 0. The number of ketones is 1. The molecule has 10 heavy (non-hydrogen) atoms. The molecule has 3 aliphatic carbocycles. The third-order valence-corrected chi connectivity index (χ3v) is 4.09. The maximum atomic E-state index is 11.4. The number of hydrogen-bond donors (Lipinski definition) is 0. The molecule has 2 bridgehead atoms. The van der Waals surface area contributed by atoms with Crippen molar-refractivity contribution in [2.75, 3.05) is 0 Å². The molecule has 56 valence electrons. The number of carbonyl (C=O) groups excluding carboxylic acids is 1. The van der Waals surface area contributed by atoms with Crippen LogP contribution in [0.2, 0.25) is 0 Å². The van der Waals surface area contributed by atoms with Crippen LogP contribution in [-0.2, 0) is 4.79 Å². The van der Waals surface area contributed by atoms with Gasteiger partial charge in [-0.1, -0.05) is 20.8 Å². The summed E-state index contributed by atoms with van der Waals surface area (Å²) in [5.74, 6) is 0.926. The Morgan fingerprint density at radius 3 is 2.10 bits per heavy atom. The second-order valence-corrected chi connectivity index (χ2v) is 4.51. The topological polar surface area (TPSA) is 17.1 Å². The molecule has 0 amide bonds. The molecule has 0 aromatic rings. The lowest BCUT2D eigenvalue weighted by molar-refractivity contribution is -0.156. The second-order valence-electron chi connectivity index (χ2n) is 4.51. The van der Waals surface area contributed by atoms with E-state index in [0.717, 1.165) is 12.8 Å². The third-order valence-electron chi connectivity index (χ3n) is 4.09. The number of carbonyl (C=O) groups is 1. The van der Waals surface area contributed by atoms with E-state index in [1.165, 1.54) is 0 Å². The van der Waals surface area contributed by atoms with E-state index in [1.807, 2.05) is 0 Å². The Hall–Kier alpha value is -0.330. The molecule has 3 saturated carbocycles. The zero-order valence-corrected chi connectivity index (χ0v) is 6.90. The quantitative estimate of drug-likeness (QED) is 0.500. The van der Waals surface area contributed by atoms with Gasteiger partial charge < -0.3 is 0 Å². The first-order chi connectivity index (χ1) is 4.50. The van der Waals surface area contributed by atoms with Gasteiger partial charge in [-0.2, -0.15) is 0 Å². The highest BCUT2D eigenvalue weighted by molar-refractivity contribution is 5.97. The Balaban J connectivity index is 2.44. The SMILES string of the molecule is CC12CCC(C1=O)C2(C)C. The lowest BCUT2D eigenvalue weighted by Gasteiger charge is -2.51. The molecule has 0 aromatic heterocycles. The summed E-state index contributed by atoms with van der Waals surface area (Å²) >= 11 is 0. The van der Waals surface area contributed by atoms with Crippen molar-refractivity contribution in [2.45, 2.75) is 33.6 Å². The first-order valence-corrected chi connectivity index (χ1v) is 4.04. The van der Waals surface area contributed by atoms with E-state index in [0.29, 0.717) is 17.1 Å². The van der Waals surface area contributed by atoms with Gasteiger partial charge in [0, 0.05) is 11.3 Å². The Kier molecular flexibility index (Phi) is 0.842. The van der Waals surface area contributed by atoms with Crippen LogP contribution in [-0.4, -0.2) is 5.78 Å². The van der Waals surface area contributed by atoms with Crippen LogP contribution in [0.3, 0.4) is 0 Å². The molecule has 2 unspecified atom stereocenters. The zero-order chi connectivity index (χ0) is 7.57. The predicted octanol–water partition coefficient (Wildman–Crippen LogP) is 2.01. The van der Waals surface area contributed by atoms with Gasteiger partial charge in [0.25, 0.3) is 0 Å². The Labute approximate surface area is 61.8 Å². The van der Waals surface area contributed by atoms with Crippen molar-refractivity contribution in [1.82, 2.24) is 0 Å². The normalized spacial score (nSPS) is 49.1. The van der Waals surface area contributed by atoms with Crippen LogP contribution in [0.25, 0.3) is 0 Å². The fraction of sp³-hybridized carbons (Fsp3) is 0.889. The summed E-state index contributed by atoms with van der Waals surface area (Å²) in [6, 6.07) is 0. The highest BCUT2D eigenvalue weighted by atomic mass is 16.1. The van der Waals surface area contributed by atoms with Crippen molar-refractivity contribution in [1.29, 1.82) is 0 Å². The summed E-state index contributed by atoms with van der Waals surface area (Å²) < 4.78 is 0. The summed E-state index contributed by atoms with van der Waals surface area (Å²) in [5.41, 5.74) is 0.363. The van der Waals surface area contributed by atoms with E-state index in [9.17, 15) is 4.79 Å². The van der Waals surface area contributed by atoms with Gasteiger partial charge in [-0.3, -0.25) is 4.79 Å². The summed E-state index contributed by atoms with van der Waals surface area (Å²) in [6.45, 7) is 6.58. The smallest absolute Gasteiger partial charge is 0.142 e.